The lowest BCUT2D eigenvalue weighted by molar-refractivity contribution is -0.0505. The number of carbonyl (C=O) groups excluding carboxylic acids is 1. The van der Waals surface area contributed by atoms with E-state index in [2.05, 4.69) is 29.2 Å². The Labute approximate surface area is 138 Å². The van der Waals surface area contributed by atoms with Crippen molar-refractivity contribution in [1.82, 2.24) is 9.80 Å². The molecule has 3 rings (SSSR count). The summed E-state index contributed by atoms with van der Waals surface area (Å²) in [4.78, 5) is 16.5. The summed E-state index contributed by atoms with van der Waals surface area (Å²) in [5, 5.41) is 0. The maximum atomic E-state index is 12.3. The van der Waals surface area contributed by atoms with Gasteiger partial charge >= 0.3 is 6.09 Å². The molecule has 2 aliphatic rings. The number of hydrogen-bond acceptors (Lipinski definition) is 4. The van der Waals surface area contributed by atoms with Crippen molar-refractivity contribution in [2.24, 2.45) is 0 Å². The van der Waals surface area contributed by atoms with E-state index in [0.717, 1.165) is 19.7 Å². The molecule has 1 amide bonds. The zero-order valence-electron chi connectivity index (χ0n) is 14.2. The summed E-state index contributed by atoms with van der Waals surface area (Å²) in [5.74, 6) is 0. The summed E-state index contributed by atoms with van der Waals surface area (Å²) in [6, 6.07) is 10.7. The van der Waals surface area contributed by atoms with E-state index in [1.807, 2.05) is 26.8 Å². The molecule has 0 N–H and O–H groups in total. The fraction of sp³-hybridized carbons (Fsp3) is 0.611. The average Bonchev–Trinajstić information content (AvgIpc) is 2.92. The highest BCUT2D eigenvalue weighted by Gasteiger charge is 2.42. The lowest BCUT2D eigenvalue weighted by Crippen LogP contribution is -2.50. The van der Waals surface area contributed by atoms with E-state index in [-0.39, 0.29) is 18.2 Å². The van der Waals surface area contributed by atoms with E-state index in [9.17, 15) is 4.79 Å². The molecule has 2 atom stereocenters. The first-order chi connectivity index (χ1) is 10.9. The van der Waals surface area contributed by atoms with Crippen molar-refractivity contribution in [3.05, 3.63) is 35.9 Å². The van der Waals surface area contributed by atoms with Crippen molar-refractivity contribution < 1.29 is 14.3 Å². The van der Waals surface area contributed by atoms with Crippen LogP contribution in [0.25, 0.3) is 0 Å². The zero-order valence-corrected chi connectivity index (χ0v) is 14.2. The maximum Gasteiger partial charge on any atom is 0.410 e. The first-order valence-corrected chi connectivity index (χ1v) is 8.30. The highest BCUT2D eigenvalue weighted by Crippen LogP contribution is 2.25. The van der Waals surface area contributed by atoms with Crippen LogP contribution < -0.4 is 0 Å². The van der Waals surface area contributed by atoms with Crippen LogP contribution in [0, 0.1) is 0 Å². The molecule has 2 heterocycles. The van der Waals surface area contributed by atoms with Gasteiger partial charge in [-0.15, -0.1) is 0 Å². The zero-order chi connectivity index (χ0) is 16.4. The molecule has 0 spiro atoms. The summed E-state index contributed by atoms with van der Waals surface area (Å²) in [5.41, 5.74) is 0.832. The van der Waals surface area contributed by atoms with Crippen LogP contribution in [-0.4, -0.2) is 59.9 Å². The smallest absolute Gasteiger partial charge is 0.410 e. The van der Waals surface area contributed by atoms with Gasteiger partial charge < -0.3 is 14.4 Å². The van der Waals surface area contributed by atoms with E-state index in [0.29, 0.717) is 13.1 Å². The number of carbonyl (C=O) groups is 1. The molecule has 2 fully saturated rings. The molecule has 0 aromatic heterocycles. The van der Waals surface area contributed by atoms with Crippen molar-refractivity contribution >= 4 is 6.09 Å². The highest BCUT2D eigenvalue weighted by atomic mass is 16.6. The van der Waals surface area contributed by atoms with Crippen molar-refractivity contribution in [3.8, 4) is 0 Å². The van der Waals surface area contributed by atoms with Crippen LogP contribution in [0.4, 0.5) is 4.79 Å². The van der Waals surface area contributed by atoms with Gasteiger partial charge in [-0.2, -0.15) is 0 Å². The van der Waals surface area contributed by atoms with Gasteiger partial charge in [0, 0.05) is 19.6 Å². The second-order valence-electron chi connectivity index (χ2n) is 7.32. The molecule has 1 aromatic rings. The standard InChI is InChI=1S/C18H26N2O3/c1-18(2,3)23-17(21)20-12-15-16(13-20)22-10-9-19(15)11-14-7-5-4-6-8-14/h4-8,15-16H,9-13H2,1-3H3/t15-,16+/m1/s1. The van der Waals surface area contributed by atoms with Crippen molar-refractivity contribution in [2.45, 2.75) is 45.1 Å². The molecular formula is C18H26N2O3. The van der Waals surface area contributed by atoms with Gasteiger partial charge in [-0.1, -0.05) is 30.3 Å². The van der Waals surface area contributed by atoms with Crippen LogP contribution in [0.1, 0.15) is 26.3 Å². The van der Waals surface area contributed by atoms with Crippen molar-refractivity contribution in [2.75, 3.05) is 26.2 Å². The van der Waals surface area contributed by atoms with Gasteiger partial charge in [-0.25, -0.2) is 4.79 Å². The molecule has 2 aliphatic heterocycles. The lowest BCUT2D eigenvalue weighted by Gasteiger charge is -2.36. The molecule has 0 saturated carbocycles. The number of benzene rings is 1. The van der Waals surface area contributed by atoms with Crippen LogP contribution in [-0.2, 0) is 16.0 Å². The Balaban J connectivity index is 1.64. The lowest BCUT2D eigenvalue weighted by atomic mass is 10.1. The fourth-order valence-electron chi connectivity index (χ4n) is 3.25. The van der Waals surface area contributed by atoms with Gasteiger partial charge in [-0.3, -0.25) is 4.90 Å². The Kier molecular flexibility index (Phi) is 4.60. The molecule has 126 valence electrons. The molecule has 2 saturated heterocycles. The molecule has 23 heavy (non-hydrogen) atoms. The quantitative estimate of drug-likeness (QED) is 0.840. The third-order valence-electron chi connectivity index (χ3n) is 4.30. The van der Waals surface area contributed by atoms with Gasteiger partial charge in [0.15, 0.2) is 0 Å². The third-order valence-corrected chi connectivity index (χ3v) is 4.30. The number of likely N-dealkylation sites (tertiary alicyclic amines) is 1. The molecule has 1 aromatic carbocycles. The van der Waals surface area contributed by atoms with Crippen LogP contribution >= 0.6 is 0 Å². The SMILES string of the molecule is CC(C)(C)OC(=O)N1C[C@@H]2OCCN(Cc3ccccc3)[C@@H]2C1. The monoisotopic (exact) mass is 318 g/mol. The largest absolute Gasteiger partial charge is 0.444 e. The molecule has 5 heteroatoms. The molecule has 5 nitrogen and oxygen atoms in total. The highest BCUT2D eigenvalue weighted by molar-refractivity contribution is 5.68. The van der Waals surface area contributed by atoms with Crippen LogP contribution in [0.15, 0.2) is 30.3 Å². The summed E-state index contributed by atoms with van der Waals surface area (Å²) in [6.45, 7) is 9.49. The van der Waals surface area contributed by atoms with E-state index >= 15 is 0 Å². The van der Waals surface area contributed by atoms with Crippen LogP contribution in [0.2, 0.25) is 0 Å². The first kappa shape index (κ1) is 16.3. The Morgan fingerprint density at radius 1 is 1.26 bits per heavy atom. The molecule has 0 radical (unpaired) electrons. The second kappa shape index (κ2) is 6.49. The van der Waals surface area contributed by atoms with Crippen LogP contribution in [0.3, 0.4) is 0 Å². The van der Waals surface area contributed by atoms with E-state index in [1.165, 1.54) is 5.56 Å². The number of rotatable bonds is 2. The van der Waals surface area contributed by atoms with E-state index in [4.69, 9.17) is 9.47 Å². The summed E-state index contributed by atoms with van der Waals surface area (Å²) in [6.07, 6.45) is -0.157. The summed E-state index contributed by atoms with van der Waals surface area (Å²) in [7, 11) is 0. The third kappa shape index (κ3) is 4.03. The predicted molar refractivity (Wildman–Crippen MR) is 88.2 cm³/mol. The number of nitrogens with zero attached hydrogens (tertiary/aromatic N) is 2. The number of hydrogen-bond donors (Lipinski definition) is 0. The number of ether oxygens (including phenoxy) is 2. The minimum atomic E-state index is -0.463. The summed E-state index contributed by atoms with van der Waals surface area (Å²) >= 11 is 0. The molecule has 0 aliphatic carbocycles. The normalized spacial score (nSPS) is 25.3. The Bertz CT molecular complexity index is 541. The van der Waals surface area contributed by atoms with Crippen molar-refractivity contribution in [1.29, 1.82) is 0 Å². The number of morpholine rings is 1. The minimum absolute atomic E-state index is 0.0833. The number of fused-ring (bicyclic) bond motifs is 1. The van der Waals surface area contributed by atoms with Gasteiger partial charge in [0.25, 0.3) is 0 Å². The van der Waals surface area contributed by atoms with Gasteiger partial charge in [0.2, 0.25) is 0 Å². The van der Waals surface area contributed by atoms with Crippen molar-refractivity contribution in [3.63, 3.8) is 0 Å². The minimum Gasteiger partial charge on any atom is -0.444 e. The first-order valence-electron chi connectivity index (χ1n) is 8.30. The van der Waals surface area contributed by atoms with E-state index in [1.54, 1.807) is 4.90 Å². The maximum absolute atomic E-state index is 12.3. The fourth-order valence-corrected chi connectivity index (χ4v) is 3.25. The van der Waals surface area contributed by atoms with Gasteiger partial charge in [0.05, 0.1) is 25.3 Å². The molecule has 0 bridgehead atoms. The number of amides is 1. The second-order valence-corrected chi connectivity index (χ2v) is 7.32. The Morgan fingerprint density at radius 3 is 2.70 bits per heavy atom. The van der Waals surface area contributed by atoms with Gasteiger partial charge in [-0.05, 0) is 26.3 Å². The molecular weight excluding hydrogens is 292 g/mol. The molecule has 0 unspecified atom stereocenters. The predicted octanol–water partition coefficient (Wildman–Crippen LogP) is 2.51. The van der Waals surface area contributed by atoms with Gasteiger partial charge in [0.1, 0.15) is 5.60 Å². The van der Waals surface area contributed by atoms with Crippen LogP contribution in [0.5, 0.6) is 0 Å². The summed E-state index contributed by atoms with van der Waals surface area (Å²) < 4.78 is 11.4. The Hall–Kier alpha value is -1.59. The topological polar surface area (TPSA) is 42.0 Å². The van der Waals surface area contributed by atoms with E-state index < -0.39 is 5.60 Å². The Morgan fingerprint density at radius 2 is 2.00 bits per heavy atom. The average molecular weight is 318 g/mol.